The average molecular weight is 196 g/mol. The quantitative estimate of drug-likeness (QED) is 0.647. The van der Waals surface area contributed by atoms with E-state index in [1.54, 1.807) is 0 Å². The lowest BCUT2D eigenvalue weighted by Crippen LogP contribution is -1.78. The van der Waals surface area contributed by atoms with Gasteiger partial charge in [0, 0.05) is 4.47 Å². The van der Waals surface area contributed by atoms with Crippen LogP contribution in [0.2, 0.25) is 0 Å². The van der Waals surface area contributed by atoms with Gasteiger partial charge in [-0.2, -0.15) is 0 Å². The molecule has 0 unspecified atom stereocenters. The highest BCUT2D eigenvalue weighted by atomic mass is 79.9. The number of rotatable bonds is 1. The predicted octanol–water partition coefficient (Wildman–Crippen LogP) is 3.13. The van der Waals surface area contributed by atoms with E-state index in [9.17, 15) is 0 Å². The van der Waals surface area contributed by atoms with Crippen LogP contribution >= 0.6 is 15.9 Å². The van der Waals surface area contributed by atoms with Gasteiger partial charge in [0.15, 0.2) is 0 Å². The van der Waals surface area contributed by atoms with Crippen molar-refractivity contribution in [1.29, 1.82) is 0 Å². The van der Waals surface area contributed by atoms with Crippen LogP contribution in [0.15, 0.2) is 22.7 Å². The minimum atomic E-state index is 0.837. The van der Waals surface area contributed by atoms with Crippen LogP contribution in [0.4, 0.5) is 0 Å². The molecule has 0 aliphatic heterocycles. The van der Waals surface area contributed by atoms with E-state index < -0.39 is 0 Å². The molecule has 1 radical (unpaired) electrons. The SMILES string of the molecule is Brc1c[c]ccc1C1CC1. The second kappa shape index (κ2) is 2.39. The highest BCUT2D eigenvalue weighted by Gasteiger charge is 2.24. The van der Waals surface area contributed by atoms with Gasteiger partial charge in [-0.25, -0.2) is 0 Å². The Kier molecular flexibility index (Phi) is 1.53. The van der Waals surface area contributed by atoms with E-state index in [1.165, 1.54) is 22.9 Å². The lowest BCUT2D eigenvalue weighted by atomic mass is 10.1. The van der Waals surface area contributed by atoms with E-state index in [2.05, 4.69) is 28.1 Å². The van der Waals surface area contributed by atoms with Crippen molar-refractivity contribution in [3.05, 3.63) is 34.3 Å². The fourth-order valence-corrected chi connectivity index (χ4v) is 1.74. The van der Waals surface area contributed by atoms with Crippen LogP contribution in [0, 0.1) is 6.07 Å². The van der Waals surface area contributed by atoms with Gasteiger partial charge in [0.05, 0.1) is 0 Å². The lowest BCUT2D eigenvalue weighted by Gasteiger charge is -1.98. The summed E-state index contributed by atoms with van der Waals surface area (Å²) in [6.07, 6.45) is 2.73. The number of hydrogen-bond donors (Lipinski definition) is 0. The van der Waals surface area contributed by atoms with Crippen LogP contribution in [-0.4, -0.2) is 0 Å². The smallest absolute Gasteiger partial charge is 0.0216 e. The summed E-state index contributed by atoms with van der Waals surface area (Å²) in [6, 6.07) is 9.17. The van der Waals surface area contributed by atoms with Crippen molar-refractivity contribution < 1.29 is 0 Å². The van der Waals surface area contributed by atoms with Crippen LogP contribution in [-0.2, 0) is 0 Å². The molecule has 0 aromatic heterocycles. The third-order valence-electron chi connectivity index (χ3n) is 1.86. The van der Waals surface area contributed by atoms with Gasteiger partial charge in [0.2, 0.25) is 0 Å². The molecule has 1 heteroatoms. The highest BCUT2D eigenvalue weighted by Crippen LogP contribution is 2.42. The first kappa shape index (κ1) is 6.41. The average Bonchev–Trinajstić information content (AvgIpc) is 2.71. The van der Waals surface area contributed by atoms with Crippen LogP contribution in [0.5, 0.6) is 0 Å². The molecule has 0 spiro atoms. The molecule has 1 saturated carbocycles. The molecule has 0 atom stereocenters. The van der Waals surface area contributed by atoms with E-state index in [0.29, 0.717) is 0 Å². The maximum Gasteiger partial charge on any atom is 0.0216 e. The van der Waals surface area contributed by atoms with Crippen molar-refractivity contribution in [1.82, 2.24) is 0 Å². The lowest BCUT2D eigenvalue weighted by molar-refractivity contribution is 1.12. The zero-order chi connectivity index (χ0) is 6.97. The summed E-state index contributed by atoms with van der Waals surface area (Å²) in [5.41, 5.74) is 1.46. The van der Waals surface area contributed by atoms with Crippen LogP contribution < -0.4 is 0 Å². The summed E-state index contributed by atoms with van der Waals surface area (Å²) in [5, 5.41) is 0. The second-order valence-electron chi connectivity index (χ2n) is 2.72. The third-order valence-corrected chi connectivity index (χ3v) is 2.55. The van der Waals surface area contributed by atoms with Gasteiger partial charge in [0.25, 0.3) is 0 Å². The predicted molar refractivity (Wildman–Crippen MR) is 45.0 cm³/mol. The van der Waals surface area contributed by atoms with Crippen molar-refractivity contribution in [3.8, 4) is 0 Å². The summed E-state index contributed by atoms with van der Waals surface area (Å²) in [7, 11) is 0. The van der Waals surface area contributed by atoms with E-state index in [0.717, 1.165) is 5.92 Å². The molecule has 1 aliphatic rings. The van der Waals surface area contributed by atoms with E-state index >= 15 is 0 Å². The van der Waals surface area contributed by atoms with Gasteiger partial charge >= 0.3 is 0 Å². The third kappa shape index (κ3) is 1.10. The highest BCUT2D eigenvalue weighted by molar-refractivity contribution is 9.10. The monoisotopic (exact) mass is 195 g/mol. The Morgan fingerprint density at radius 2 is 2.30 bits per heavy atom. The van der Waals surface area contributed by atoms with Crippen molar-refractivity contribution >= 4 is 15.9 Å². The summed E-state index contributed by atoms with van der Waals surface area (Å²) in [5.74, 6) is 0.837. The molecule has 0 nitrogen and oxygen atoms in total. The van der Waals surface area contributed by atoms with E-state index in [-0.39, 0.29) is 0 Å². The van der Waals surface area contributed by atoms with E-state index in [4.69, 9.17) is 0 Å². The number of hydrogen-bond acceptors (Lipinski definition) is 0. The Morgan fingerprint density at radius 1 is 1.50 bits per heavy atom. The minimum absolute atomic E-state index is 0.837. The van der Waals surface area contributed by atoms with Gasteiger partial charge in [-0.15, -0.1) is 0 Å². The molecule has 1 aromatic carbocycles. The van der Waals surface area contributed by atoms with Crippen molar-refractivity contribution in [2.24, 2.45) is 0 Å². The normalized spacial score (nSPS) is 17.3. The van der Waals surface area contributed by atoms with Crippen molar-refractivity contribution in [3.63, 3.8) is 0 Å². The Balaban J connectivity index is 2.39. The first-order chi connectivity index (χ1) is 4.88. The van der Waals surface area contributed by atoms with Gasteiger partial charge in [0.1, 0.15) is 0 Å². The molecular formula is C9H8Br. The summed E-state index contributed by atoms with van der Waals surface area (Å²) < 4.78 is 1.22. The zero-order valence-electron chi connectivity index (χ0n) is 5.60. The topological polar surface area (TPSA) is 0 Å². The van der Waals surface area contributed by atoms with Crippen molar-refractivity contribution in [2.75, 3.05) is 0 Å². The molecular weight excluding hydrogens is 188 g/mol. The molecule has 51 valence electrons. The number of halogens is 1. The summed E-state index contributed by atoms with van der Waals surface area (Å²) in [4.78, 5) is 0. The fourth-order valence-electron chi connectivity index (χ4n) is 1.15. The molecule has 1 aromatic rings. The molecule has 0 saturated heterocycles. The van der Waals surface area contributed by atoms with Gasteiger partial charge in [-0.1, -0.05) is 28.1 Å². The Hall–Kier alpha value is -0.300. The Labute approximate surface area is 69.4 Å². The maximum atomic E-state index is 3.51. The molecule has 0 N–H and O–H groups in total. The standard InChI is InChI=1S/C9H8Br/c10-9-4-2-1-3-8(9)7-5-6-7/h1,3-4,7H,5-6H2. The van der Waals surface area contributed by atoms with Gasteiger partial charge in [-0.05, 0) is 36.5 Å². The van der Waals surface area contributed by atoms with Crippen LogP contribution in [0.25, 0.3) is 0 Å². The Bertz CT molecular complexity index is 238. The molecule has 10 heavy (non-hydrogen) atoms. The van der Waals surface area contributed by atoms with Crippen LogP contribution in [0.1, 0.15) is 24.3 Å². The summed E-state index contributed by atoms with van der Waals surface area (Å²) >= 11 is 3.51. The van der Waals surface area contributed by atoms with E-state index in [1.807, 2.05) is 12.1 Å². The molecule has 0 amide bonds. The number of benzene rings is 1. The second-order valence-corrected chi connectivity index (χ2v) is 3.58. The largest absolute Gasteiger partial charge is 0.0570 e. The molecule has 0 bridgehead atoms. The first-order valence-electron chi connectivity index (χ1n) is 3.53. The van der Waals surface area contributed by atoms with Crippen LogP contribution in [0.3, 0.4) is 0 Å². The van der Waals surface area contributed by atoms with Gasteiger partial charge in [-0.3, -0.25) is 0 Å². The molecule has 2 rings (SSSR count). The molecule has 1 aliphatic carbocycles. The van der Waals surface area contributed by atoms with Crippen molar-refractivity contribution in [2.45, 2.75) is 18.8 Å². The fraction of sp³-hybridized carbons (Fsp3) is 0.333. The maximum absolute atomic E-state index is 3.51. The zero-order valence-corrected chi connectivity index (χ0v) is 7.19. The first-order valence-corrected chi connectivity index (χ1v) is 4.33. The molecule has 0 heterocycles. The Morgan fingerprint density at radius 3 is 2.90 bits per heavy atom. The van der Waals surface area contributed by atoms with Gasteiger partial charge < -0.3 is 0 Å². The minimum Gasteiger partial charge on any atom is -0.0570 e. The molecule has 1 fully saturated rings. The summed E-state index contributed by atoms with van der Waals surface area (Å²) in [6.45, 7) is 0.